The van der Waals surface area contributed by atoms with E-state index in [4.69, 9.17) is 14.2 Å². The molecule has 4 aliphatic rings. The first-order valence-corrected chi connectivity index (χ1v) is 10.8. The number of esters is 2. The molecule has 2 fully saturated rings. The normalized spacial score (nSPS) is 43.1. The number of hydrogen-bond donors (Lipinski definition) is 1. The minimum absolute atomic E-state index is 0.0586. The van der Waals surface area contributed by atoms with Gasteiger partial charge < -0.3 is 19.3 Å². The predicted molar refractivity (Wildman–Crippen MR) is 110 cm³/mol. The molecule has 164 valence electrons. The van der Waals surface area contributed by atoms with Crippen molar-refractivity contribution in [3.8, 4) is 0 Å². The summed E-state index contributed by atoms with van der Waals surface area (Å²) in [5.41, 5.74) is -0.354. The lowest BCUT2D eigenvalue weighted by atomic mass is 9.66. The summed E-state index contributed by atoms with van der Waals surface area (Å²) < 4.78 is 18.1. The highest BCUT2D eigenvalue weighted by atomic mass is 16.8. The average Bonchev–Trinajstić information content (AvgIpc) is 2.89. The van der Waals surface area contributed by atoms with Crippen molar-refractivity contribution < 1.29 is 28.9 Å². The third-order valence-corrected chi connectivity index (χ3v) is 7.39. The molecule has 0 saturated carbocycles. The molecule has 0 radical (unpaired) electrons. The highest BCUT2D eigenvalue weighted by molar-refractivity contribution is 5.87. The lowest BCUT2D eigenvalue weighted by Gasteiger charge is -2.56. The van der Waals surface area contributed by atoms with Gasteiger partial charge in [-0.25, -0.2) is 4.79 Å². The minimum atomic E-state index is -1.45. The van der Waals surface area contributed by atoms with Crippen LogP contribution in [0, 0.1) is 11.3 Å². The van der Waals surface area contributed by atoms with Crippen molar-refractivity contribution in [1.29, 1.82) is 0 Å². The first-order valence-electron chi connectivity index (χ1n) is 10.8. The third-order valence-electron chi connectivity index (χ3n) is 7.39. The molecule has 3 aliphatic heterocycles. The molecule has 0 aromatic heterocycles. The highest BCUT2D eigenvalue weighted by Gasteiger charge is 2.73. The molecule has 1 aliphatic carbocycles. The molecule has 0 aromatic carbocycles. The van der Waals surface area contributed by atoms with Crippen molar-refractivity contribution >= 4 is 11.9 Å². The van der Waals surface area contributed by atoms with Crippen molar-refractivity contribution in [2.45, 2.75) is 89.8 Å². The smallest absolute Gasteiger partial charge is 0.333 e. The summed E-state index contributed by atoms with van der Waals surface area (Å²) in [7, 11) is 0. The molecule has 30 heavy (non-hydrogen) atoms. The second-order valence-corrected chi connectivity index (χ2v) is 10.3. The van der Waals surface area contributed by atoms with E-state index >= 15 is 0 Å². The van der Waals surface area contributed by atoms with Crippen LogP contribution in [0.25, 0.3) is 0 Å². The lowest BCUT2D eigenvalue weighted by Crippen LogP contribution is -2.68. The van der Waals surface area contributed by atoms with E-state index in [-0.39, 0.29) is 17.8 Å². The summed E-state index contributed by atoms with van der Waals surface area (Å²) >= 11 is 0. The number of carbonyl (C=O) groups excluding carboxylic acids is 2. The molecule has 6 heteroatoms. The molecule has 4 rings (SSSR count). The largest absolute Gasteiger partial charge is 0.447 e. The summed E-state index contributed by atoms with van der Waals surface area (Å²) in [6, 6.07) is 0. The van der Waals surface area contributed by atoms with Gasteiger partial charge >= 0.3 is 11.9 Å². The summed E-state index contributed by atoms with van der Waals surface area (Å²) in [4.78, 5) is 24.7. The van der Waals surface area contributed by atoms with Gasteiger partial charge in [-0.1, -0.05) is 32.1 Å². The Kier molecular flexibility index (Phi) is 4.83. The van der Waals surface area contributed by atoms with Gasteiger partial charge in [-0.05, 0) is 62.5 Å². The van der Waals surface area contributed by atoms with Crippen LogP contribution in [0.1, 0.15) is 66.7 Å². The molecular formula is C24H32O6. The minimum Gasteiger partial charge on any atom is -0.447 e. The molecular weight excluding hydrogens is 384 g/mol. The van der Waals surface area contributed by atoms with Gasteiger partial charge in [0, 0.05) is 12.5 Å². The van der Waals surface area contributed by atoms with E-state index in [1.807, 2.05) is 13.8 Å². The molecule has 1 N–H and O–H groups in total. The Hall–Kier alpha value is -1.92. The number of carbonyl (C=O) groups is 2. The second kappa shape index (κ2) is 6.79. The summed E-state index contributed by atoms with van der Waals surface area (Å²) in [5, 5.41) is 11.0. The maximum Gasteiger partial charge on any atom is 0.333 e. The molecule has 2 saturated heterocycles. The Labute approximate surface area is 177 Å². The van der Waals surface area contributed by atoms with E-state index in [0.29, 0.717) is 24.8 Å². The molecule has 6 nitrogen and oxygen atoms in total. The van der Waals surface area contributed by atoms with Crippen LogP contribution in [0.2, 0.25) is 0 Å². The molecule has 0 amide bonds. The molecule has 3 heterocycles. The Morgan fingerprint density at radius 1 is 1.10 bits per heavy atom. The lowest BCUT2D eigenvalue weighted by molar-refractivity contribution is -0.351. The highest BCUT2D eigenvalue weighted by Crippen LogP contribution is 2.59. The zero-order valence-corrected chi connectivity index (χ0v) is 18.5. The third kappa shape index (κ3) is 3.25. The van der Waals surface area contributed by atoms with E-state index < -0.39 is 35.0 Å². The number of allylic oxidation sites excluding steroid dienone is 2. The predicted octanol–water partition coefficient (Wildman–Crippen LogP) is 3.74. The second-order valence-electron chi connectivity index (χ2n) is 10.3. The maximum absolute atomic E-state index is 12.4. The Morgan fingerprint density at radius 3 is 2.57 bits per heavy atom. The number of aliphatic hydroxyl groups excluding tert-OH is 1. The van der Waals surface area contributed by atoms with Crippen molar-refractivity contribution in [2.75, 3.05) is 0 Å². The van der Waals surface area contributed by atoms with Gasteiger partial charge in [0.15, 0.2) is 5.60 Å². The van der Waals surface area contributed by atoms with Gasteiger partial charge in [0.05, 0.1) is 11.7 Å². The Balaban J connectivity index is 1.80. The molecule has 0 bridgehead atoms. The van der Waals surface area contributed by atoms with Gasteiger partial charge in [0.1, 0.15) is 6.42 Å². The van der Waals surface area contributed by atoms with Crippen LogP contribution in [-0.4, -0.2) is 40.1 Å². The molecule has 5 atom stereocenters. The average molecular weight is 417 g/mol. The Bertz CT molecular complexity index is 867. The monoisotopic (exact) mass is 416 g/mol. The van der Waals surface area contributed by atoms with Crippen LogP contribution in [0.5, 0.6) is 0 Å². The van der Waals surface area contributed by atoms with Gasteiger partial charge in [0.2, 0.25) is 0 Å². The molecule has 0 unspecified atom stereocenters. The van der Waals surface area contributed by atoms with Crippen LogP contribution >= 0.6 is 0 Å². The quantitative estimate of drug-likeness (QED) is 0.479. The van der Waals surface area contributed by atoms with E-state index in [1.54, 1.807) is 6.92 Å². The fourth-order valence-electron chi connectivity index (χ4n) is 5.38. The van der Waals surface area contributed by atoms with Crippen LogP contribution in [0.3, 0.4) is 0 Å². The van der Waals surface area contributed by atoms with E-state index in [2.05, 4.69) is 32.1 Å². The van der Waals surface area contributed by atoms with Crippen LogP contribution in [0.15, 0.2) is 35.5 Å². The zero-order valence-electron chi connectivity index (χ0n) is 18.5. The van der Waals surface area contributed by atoms with E-state index in [1.165, 1.54) is 6.08 Å². The van der Waals surface area contributed by atoms with Gasteiger partial charge in [-0.15, -0.1) is 0 Å². The first-order chi connectivity index (χ1) is 13.9. The number of ether oxygens (including phenoxy) is 3. The standard InChI is InChI=1S/C24H32O6/c1-15-7-10-21(3,4)8-6-9-22(5)17(12-18(15)25)13-23-16(2)11-19(26)29-24(23,30-22)14-20(27)28-23/h6-8,11,17-18,25H,9-10,12-14H2,1-5H3/t17-,18+,22+,23+,24-/m1/s1. The number of rotatable bonds is 0. The number of aliphatic hydroxyl groups is 1. The maximum atomic E-state index is 12.4. The van der Waals surface area contributed by atoms with Crippen LogP contribution in [0.4, 0.5) is 0 Å². The van der Waals surface area contributed by atoms with Crippen molar-refractivity contribution in [2.24, 2.45) is 11.3 Å². The number of hydrogen-bond acceptors (Lipinski definition) is 6. The van der Waals surface area contributed by atoms with Gasteiger partial charge in [0.25, 0.3) is 5.79 Å². The molecule has 0 spiro atoms. The van der Waals surface area contributed by atoms with Crippen LogP contribution < -0.4 is 0 Å². The van der Waals surface area contributed by atoms with Gasteiger partial charge in [-0.2, -0.15) is 0 Å². The van der Waals surface area contributed by atoms with Crippen molar-refractivity contribution in [1.82, 2.24) is 0 Å². The topological polar surface area (TPSA) is 82.1 Å². The zero-order chi connectivity index (χ0) is 21.9. The fraction of sp³-hybridized carbons (Fsp3) is 0.667. The summed E-state index contributed by atoms with van der Waals surface area (Å²) in [6.07, 6.45) is 9.36. The fourth-order valence-corrected chi connectivity index (χ4v) is 5.38. The first kappa shape index (κ1) is 21.3. The van der Waals surface area contributed by atoms with Crippen molar-refractivity contribution in [3.05, 3.63) is 35.5 Å². The summed E-state index contributed by atoms with van der Waals surface area (Å²) in [5.74, 6) is -2.52. The SMILES string of the molecule is CC1=CCC(C)(C)C=CC[C@]2(C)O[C@]34CC(=O)O[C@@]3(C[C@H]2C[C@@H]1O)C(C)=CC(=O)O4. The number of fused-ring (bicyclic) bond motifs is 1. The van der Waals surface area contributed by atoms with Crippen LogP contribution in [-0.2, 0) is 23.8 Å². The van der Waals surface area contributed by atoms with Crippen molar-refractivity contribution in [3.63, 3.8) is 0 Å². The van der Waals surface area contributed by atoms with E-state index in [0.717, 1.165) is 12.0 Å². The van der Waals surface area contributed by atoms with E-state index in [9.17, 15) is 14.7 Å². The summed E-state index contributed by atoms with van der Waals surface area (Å²) in [6.45, 7) is 10.0. The van der Waals surface area contributed by atoms with Gasteiger partial charge in [-0.3, -0.25) is 4.79 Å². The Morgan fingerprint density at radius 2 is 1.83 bits per heavy atom. The molecule has 0 aromatic rings.